The summed E-state index contributed by atoms with van der Waals surface area (Å²) in [6, 6.07) is 0.104. The molecule has 2 fully saturated rings. The first-order valence-electron chi connectivity index (χ1n) is 5.37. The molecule has 0 aromatic heterocycles. The topological polar surface area (TPSA) is 24.1 Å². The molecule has 0 bridgehead atoms. The van der Waals surface area contributed by atoms with E-state index in [-0.39, 0.29) is 6.04 Å². The third-order valence-corrected chi connectivity index (χ3v) is 3.55. The van der Waals surface area contributed by atoms with Crippen LogP contribution in [0.3, 0.4) is 0 Å². The average molecular weight is 186 g/mol. The largest absolute Gasteiger partial charge is 0.311 e. The number of nitrogens with one attached hydrogen (secondary N) is 2. The summed E-state index contributed by atoms with van der Waals surface area (Å²) in [5.74, 6) is 0.736. The van der Waals surface area contributed by atoms with Crippen molar-refractivity contribution in [3.05, 3.63) is 0 Å². The van der Waals surface area contributed by atoms with E-state index in [9.17, 15) is 4.39 Å². The summed E-state index contributed by atoms with van der Waals surface area (Å²) in [7, 11) is 0. The van der Waals surface area contributed by atoms with E-state index in [1.165, 1.54) is 12.8 Å². The normalized spacial score (nSPS) is 38.3. The number of rotatable bonds is 2. The van der Waals surface area contributed by atoms with E-state index in [1.807, 2.05) is 0 Å². The van der Waals surface area contributed by atoms with Crippen molar-refractivity contribution < 1.29 is 4.39 Å². The third-order valence-electron chi connectivity index (χ3n) is 3.55. The van der Waals surface area contributed by atoms with E-state index >= 15 is 0 Å². The molecule has 0 aliphatic carbocycles. The van der Waals surface area contributed by atoms with Gasteiger partial charge >= 0.3 is 0 Å². The summed E-state index contributed by atoms with van der Waals surface area (Å²) in [6.07, 6.45) is 3.44. The molecule has 13 heavy (non-hydrogen) atoms. The van der Waals surface area contributed by atoms with Gasteiger partial charge in [0.05, 0.1) is 0 Å². The molecule has 2 aliphatic heterocycles. The lowest BCUT2D eigenvalue weighted by Crippen LogP contribution is -2.67. The van der Waals surface area contributed by atoms with Gasteiger partial charge in [0.1, 0.15) is 0 Å². The van der Waals surface area contributed by atoms with Gasteiger partial charge in [0.15, 0.2) is 5.67 Å². The van der Waals surface area contributed by atoms with Crippen LogP contribution in [-0.4, -0.2) is 31.3 Å². The molecule has 0 amide bonds. The van der Waals surface area contributed by atoms with Gasteiger partial charge in [0.2, 0.25) is 0 Å². The van der Waals surface area contributed by atoms with Gasteiger partial charge in [-0.25, -0.2) is 4.39 Å². The quantitative estimate of drug-likeness (QED) is 0.674. The Hall–Kier alpha value is -0.150. The molecule has 0 radical (unpaired) electrons. The van der Waals surface area contributed by atoms with Crippen molar-refractivity contribution in [2.24, 2.45) is 5.92 Å². The van der Waals surface area contributed by atoms with Gasteiger partial charge in [-0.1, -0.05) is 13.3 Å². The Balaban J connectivity index is 1.91. The lowest BCUT2D eigenvalue weighted by molar-refractivity contribution is 0.0240. The number of halogens is 1. The number of piperidine rings is 1. The molecule has 2 rings (SSSR count). The lowest BCUT2D eigenvalue weighted by Gasteiger charge is -2.45. The molecule has 76 valence electrons. The summed E-state index contributed by atoms with van der Waals surface area (Å²) in [5, 5.41) is 6.33. The van der Waals surface area contributed by atoms with Gasteiger partial charge in [-0.15, -0.1) is 0 Å². The van der Waals surface area contributed by atoms with Crippen LogP contribution in [0.4, 0.5) is 4.39 Å². The van der Waals surface area contributed by atoms with Gasteiger partial charge in [0.25, 0.3) is 0 Å². The van der Waals surface area contributed by atoms with Crippen molar-refractivity contribution in [3.8, 4) is 0 Å². The highest BCUT2D eigenvalue weighted by molar-refractivity contribution is 5.04. The molecule has 2 atom stereocenters. The summed E-state index contributed by atoms with van der Waals surface area (Å²) >= 11 is 0. The maximum absolute atomic E-state index is 14.0. The van der Waals surface area contributed by atoms with Crippen molar-refractivity contribution in [3.63, 3.8) is 0 Å². The van der Waals surface area contributed by atoms with Crippen molar-refractivity contribution in [1.82, 2.24) is 10.6 Å². The highest BCUT2D eigenvalue weighted by Gasteiger charge is 2.45. The van der Waals surface area contributed by atoms with Gasteiger partial charge in [-0.05, 0) is 25.3 Å². The van der Waals surface area contributed by atoms with Gasteiger partial charge in [-0.3, -0.25) is 0 Å². The molecule has 2 aliphatic rings. The molecule has 0 spiro atoms. The number of hydrogen-bond donors (Lipinski definition) is 2. The summed E-state index contributed by atoms with van der Waals surface area (Å²) in [5.41, 5.74) is -0.951. The SMILES string of the molecule is CCC1CCNC(C2(F)CNC2)C1. The second-order valence-electron chi connectivity index (χ2n) is 4.44. The first-order valence-corrected chi connectivity index (χ1v) is 5.37. The standard InChI is InChI=1S/C10H19FN2/c1-2-8-3-4-13-9(5-8)10(11)6-12-7-10/h8-9,12-13H,2-7H2,1H3. The Morgan fingerprint density at radius 2 is 2.23 bits per heavy atom. The van der Waals surface area contributed by atoms with Crippen molar-refractivity contribution >= 4 is 0 Å². The first kappa shape index (κ1) is 9.41. The van der Waals surface area contributed by atoms with E-state index in [4.69, 9.17) is 0 Å². The second-order valence-corrected chi connectivity index (χ2v) is 4.44. The minimum absolute atomic E-state index is 0.104. The van der Waals surface area contributed by atoms with E-state index < -0.39 is 5.67 Å². The molecule has 0 saturated carbocycles. The Morgan fingerprint density at radius 1 is 1.46 bits per heavy atom. The predicted octanol–water partition coefficient (Wildman–Crippen LogP) is 1.08. The fourth-order valence-electron chi connectivity index (χ4n) is 2.37. The summed E-state index contributed by atoms with van der Waals surface area (Å²) in [6.45, 7) is 4.29. The molecule has 2 heterocycles. The van der Waals surface area contributed by atoms with Crippen molar-refractivity contribution in [1.29, 1.82) is 0 Å². The van der Waals surface area contributed by atoms with Crippen LogP contribution >= 0.6 is 0 Å². The fourth-order valence-corrected chi connectivity index (χ4v) is 2.37. The van der Waals surface area contributed by atoms with Crippen LogP contribution in [-0.2, 0) is 0 Å². The molecule has 2 saturated heterocycles. The van der Waals surface area contributed by atoms with E-state index in [0.717, 1.165) is 18.9 Å². The monoisotopic (exact) mass is 186 g/mol. The van der Waals surface area contributed by atoms with Crippen molar-refractivity contribution in [2.75, 3.05) is 19.6 Å². The maximum Gasteiger partial charge on any atom is 0.150 e. The zero-order chi connectivity index (χ0) is 9.31. The second kappa shape index (κ2) is 3.54. The Morgan fingerprint density at radius 3 is 2.77 bits per heavy atom. The molecule has 2 unspecified atom stereocenters. The van der Waals surface area contributed by atoms with Crippen LogP contribution in [0.15, 0.2) is 0 Å². The molecule has 3 heteroatoms. The van der Waals surface area contributed by atoms with Crippen LogP contribution in [0.2, 0.25) is 0 Å². The molecular formula is C10H19FN2. The van der Waals surface area contributed by atoms with Crippen molar-refractivity contribution in [2.45, 2.75) is 37.9 Å². The van der Waals surface area contributed by atoms with Crippen LogP contribution in [0, 0.1) is 5.92 Å². The first-order chi connectivity index (χ1) is 6.24. The van der Waals surface area contributed by atoms with Crippen LogP contribution in [0.1, 0.15) is 26.2 Å². The van der Waals surface area contributed by atoms with Gasteiger partial charge < -0.3 is 10.6 Å². The number of alkyl halides is 1. The highest BCUT2D eigenvalue weighted by Crippen LogP contribution is 2.30. The van der Waals surface area contributed by atoms with E-state index in [1.54, 1.807) is 0 Å². The van der Waals surface area contributed by atoms with Crippen LogP contribution in [0.5, 0.6) is 0 Å². The molecule has 0 aromatic rings. The zero-order valence-corrected chi connectivity index (χ0v) is 8.28. The van der Waals surface area contributed by atoms with E-state index in [0.29, 0.717) is 13.1 Å². The lowest BCUT2D eigenvalue weighted by atomic mass is 9.80. The minimum Gasteiger partial charge on any atom is -0.311 e. The molecular weight excluding hydrogens is 167 g/mol. The van der Waals surface area contributed by atoms with Gasteiger partial charge in [0, 0.05) is 19.1 Å². The molecule has 2 N–H and O–H groups in total. The summed E-state index contributed by atoms with van der Waals surface area (Å²) < 4.78 is 14.0. The minimum atomic E-state index is -0.951. The average Bonchev–Trinajstić information content (AvgIpc) is 2.14. The van der Waals surface area contributed by atoms with E-state index in [2.05, 4.69) is 17.6 Å². The number of hydrogen-bond acceptors (Lipinski definition) is 2. The van der Waals surface area contributed by atoms with Gasteiger partial charge in [-0.2, -0.15) is 0 Å². The molecule has 0 aromatic carbocycles. The zero-order valence-electron chi connectivity index (χ0n) is 8.28. The highest BCUT2D eigenvalue weighted by atomic mass is 19.1. The smallest absolute Gasteiger partial charge is 0.150 e. The van der Waals surface area contributed by atoms with Crippen LogP contribution < -0.4 is 10.6 Å². The Labute approximate surface area is 79.3 Å². The Kier molecular flexibility index (Phi) is 2.56. The molecule has 2 nitrogen and oxygen atoms in total. The van der Waals surface area contributed by atoms with Crippen LogP contribution in [0.25, 0.3) is 0 Å². The fraction of sp³-hybridized carbons (Fsp3) is 1.00. The third kappa shape index (κ3) is 1.72. The predicted molar refractivity (Wildman–Crippen MR) is 51.5 cm³/mol. The maximum atomic E-state index is 14.0. The Bertz CT molecular complexity index is 180. The summed E-state index contributed by atoms with van der Waals surface area (Å²) in [4.78, 5) is 0.